The van der Waals surface area contributed by atoms with Crippen LogP contribution in [-0.2, 0) is 13.1 Å². The van der Waals surface area contributed by atoms with Gasteiger partial charge in [0.1, 0.15) is 0 Å². The Morgan fingerprint density at radius 1 is 1.20 bits per heavy atom. The van der Waals surface area contributed by atoms with Crippen molar-refractivity contribution < 1.29 is 4.79 Å². The van der Waals surface area contributed by atoms with Gasteiger partial charge in [0, 0.05) is 5.56 Å². The normalized spacial score (nSPS) is 13.3. The van der Waals surface area contributed by atoms with Crippen molar-refractivity contribution in [1.29, 1.82) is 0 Å². The van der Waals surface area contributed by atoms with Crippen LogP contribution in [-0.4, -0.2) is 40.9 Å². The molecule has 0 fully saturated rings. The van der Waals surface area contributed by atoms with E-state index in [4.69, 9.17) is 0 Å². The standard InChI is InChI=1S/C16H18N8O/c1-11(2)24-20-15(19-21-24)18-16(25)22-9-12-8-17-23(14(12)10-22)13-6-4-3-5-7-13/h3-8,11H,9-10H2,1-2H3,(H,18,20,25). The first-order chi connectivity index (χ1) is 12.1. The third-order valence-electron chi connectivity index (χ3n) is 4.05. The molecule has 4 rings (SSSR count). The van der Waals surface area contributed by atoms with Crippen molar-refractivity contribution in [3.05, 3.63) is 47.8 Å². The van der Waals surface area contributed by atoms with Gasteiger partial charge in [0.25, 0.3) is 5.95 Å². The Labute approximate surface area is 144 Å². The second-order valence-corrected chi connectivity index (χ2v) is 6.18. The molecule has 128 valence electrons. The molecule has 2 amide bonds. The number of rotatable bonds is 3. The SMILES string of the molecule is CC(C)n1nnc(NC(=O)N2Cc3cnn(-c4ccccc4)c3C2)n1. The highest BCUT2D eigenvalue weighted by Gasteiger charge is 2.28. The lowest BCUT2D eigenvalue weighted by atomic mass is 10.3. The van der Waals surface area contributed by atoms with Gasteiger partial charge in [-0.15, -0.1) is 5.10 Å². The van der Waals surface area contributed by atoms with Crippen LogP contribution in [0.15, 0.2) is 36.5 Å². The highest BCUT2D eigenvalue weighted by Crippen LogP contribution is 2.25. The highest BCUT2D eigenvalue weighted by molar-refractivity contribution is 5.87. The summed E-state index contributed by atoms with van der Waals surface area (Å²) in [7, 11) is 0. The van der Waals surface area contributed by atoms with Crippen LogP contribution in [0, 0.1) is 0 Å². The first kappa shape index (κ1) is 15.3. The minimum Gasteiger partial charge on any atom is -0.314 e. The number of fused-ring (bicyclic) bond motifs is 1. The molecule has 0 unspecified atom stereocenters. The van der Waals surface area contributed by atoms with Crippen LogP contribution in [0.1, 0.15) is 31.1 Å². The van der Waals surface area contributed by atoms with E-state index in [1.54, 1.807) is 4.90 Å². The van der Waals surface area contributed by atoms with Crippen molar-refractivity contribution in [2.45, 2.75) is 33.0 Å². The Morgan fingerprint density at radius 3 is 2.72 bits per heavy atom. The predicted octanol–water partition coefficient (Wildman–Crippen LogP) is 1.99. The van der Waals surface area contributed by atoms with E-state index in [-0.39, 0.29) is 18.0 Å². The lowest BCUT2D eigenvalue weighted by Crippen LogP contribution is -2.31. The summed E-state index contributed by atoms with van der Waals surface area (Å²) in [5.41, 5.74) is 3.03. The zero-order valence-electron chi connectivity index (χ0n) is 14.0. The van der Waals surface area contributed by atoms with E-state index in [0.29, 0.717) is 13.1 Å². The van der Waals surface area contributed by atoms with Gasteiger partial charge in [0.2, 0.25) is 0 Å². The molecule has 3 heterocycles. The first-order valence-corrected chi connectivity index (χ1v) is 8.08. The smallest absolute Gasteiger partial charge is 0.314 e. The van der Waals surface area contributed by atoms with E-state index in [2.05, 4.69) is 25.8 Å². The number of nitrogens with zero attached hydrogens (tertiary/aromatic N) is 7. The van der Waals surface area contributed by atoms with Gasteiger partial charge in [0.15, 0.2) is 0 Å². The van der Waals surface area contributed by atoms with Crippen molar-refractivity contribution in [3.8, 4) is 5.69 Å². The van der Waals surface area contributed by atoms with Crippen LogP contribution in [0.2, 0.25) is 0 Å². The lowest BCUT2D eigenvalue weighted by Gasteiger charge is -2.15. The van der Waals surface area contributed by atoms with Gasteiger partial charge in [-0.3, -0.25) is 5.32 Å². The molecule has 1 aliphatic heterocycles. The summed E-state index contributed by atoms with van der Waals surface area (Å²) in [6, 6.07) is 9.71. The van der Waals surface area contributed by atoms with E-state index in [9.17, 15) is 4.79 Å². The Hall–Kier alpha value is -3.23. The van der Waals surface area contributed by atoms with E-state index < -0.39 is 0 Å². The Morgan fingerprint density at radius 2 is 2.00 bits per heavy atom. The molecular weight excluding hydrogens is 320 g/mol. The average Bonchev–Trinajstić information content (AvgIpc) is 3.30. The maximum Gasteiger partial charge on any atom is 0.324 e. The summed E-state index contributed by atoms with van der Waals surface area (Å²) >= 11 is 0. The number of tetrazole rings is 1. The van der Waals surface area contributed by atoms with Crippen LogP contribution in [0.5, 0.6) is 0 Å². The molecule has 3 aromatic rings. The zero-order chi connectivity index (χ0) is 17.4. The summed E-state index contributed by atoms with van der Waals surface area (Å²) < 4.78 is 1.87. The predicted molar refractivity (Wildman–Crippen MR) is 90.0 cm³/mol. The van der Waals surface area contributed by atoms with E-state index in [1.165, 1.54) is 4.80 Å². The molecule has 0 bridgehead atoms. The molecule has 0 atom stereocenters. The Bertz CT molecular complexity index is 898. The largest absolute Gasteiger partial charge is 0.324 e. The fraction of sp³-hybridized carbons (Fsp3) is 0.312. The number of carbonyl (C=O) groups excluding carboxylic acids is 1. The number of nitrogens with one attached hydrogen (secondary N) is 1. The Balaban J connectivity index is 1.48. The van der Waals surface area contributed by atoms with Crippen LogP contribution < -0.4 is 5.32 Å². The molecular formula is C16H18N8O. The molecule has 9 nitrogen and oxygen atoms in total. The second kappa shape index (κ2) is 6.00. The molecule has 0 radical (unpaired) electrons. The fourth-order valence-electron chi connectivity index (χ4n) is 2.75. The first-order valence-electron chi connectivity index (χ1n) is 8.08. The van der Waals surface area contributed by atoms with Gasteiger partial charge >= 0.3 is 6.03 Å². The van der Waals surface area contributed by atoms with E-state index >= 15 is 0 Å². The molecule has 0 spiro atoms. The molecule has 1 aromatic carbocycles. The summed E-state index contributed by atoms with van der Waals surface area (Å²) in [5, 5.41) is 19.0. The van der Waals surface area contributed by atoms with Crippen LogP contribution >= 0.6 is 0 Å². The second-order valence-electron chi connectivity index (χ2n) is 6.18. The topological polar surface area (TPSA) is 93.8 Å². The van der Waals surface area contributed by atoms with Crippen LogP contribution in [0.25, 0.3) is 5.69 Å². The molecule has 9 heteroatoms. The number of carbonyl (C=O) groups is 1. The fourth-order valence-corrected chi connectivity index (χ4v) is 2.75. The van der Waals surface area contributed by atoms with E-state index in [1.807, 2.05) is 55.1 Å². The summed E-state index contributed by atoms with van der Waals surface area (Å²) in [5.74, 6) is 0.208. The van der Waals surface area contributed by atoms with Crippen molar-refractivity contribution >= 4 is 12.0 Å². The highest BCUT2D eigenvalue weighted by atomic mass is 16.2. The van der Waals surface area contributed by atoms with Crippen molar-refractivity contribution in [2.75, 3.05) is 5.32 Å². The molecule has 0 aliphatic carbocycles. The quantitative estimate of drug-likeness (QED) is 0.788. The lowest BCUT2D eigenvalue weighted by molar-refractivity contribution is 0.211. The number of para-hydroxylation sites is 1. The minimum atomic E-state index is -0.251. The van der Waals surface area contributed by atoms with Gasteiger partial charge in [-0.25, -0.2) is 9.48 Å². The van der Waals surface area contributed by atoms with Crippen molar-refractivity contribution in [3.63, 3.8) is 0 Å². The number of hydrogen-bond acceptors (Lipinski definition) is 5. The number of aromatic nitrogens is 6. The van der Waals surface area contributed by atoms with Crippen LogP contribution in [0.3, 0.4) is 0 Å². The molecule has 1 N–H and O–H groups in total. The summed E-state index contributed by atoms with van der Waals surface area (Å²) in [6.45, 7) is 4.88. The third-order valence-corrected chi connectivity index (χ3v) is 4.05. The molecule has 0 saturated carbocycles. The Kier molecular flexibility index (Phi) is 3.68. The summed E-state index contributed by atoms with van der Waals surface area (Å²) in [6.07, 6.45) is 1.81. The maximum atomic E-state index is 12.5. The molecule has 0 saturated heterocycles. The number of hydrogen-bond donors (Lipinski definition) is 1. The maximum absolute atomic E-state index is 12.5. The number of anilines is 1. The summed E-state index contributed by atoms with van der Waals surface area (Å²) in [4.78, 5) is 15.6. The number of urea groups is 1. The van der Waals surface area contributed by atoms with Gasteiger partial charge in [0.05, 0.1) is 36.7 Å². The minimum absolute atomic E-state index is 0.0889. The van der Waals surface area contributed by atoms with Gasteiger partial charge in [-0.1, -0.05) is 23.3 Å². The van der Waals surface area contributed by atoms with E-state index in [0.717, 1.165) is 16.9 Å². The number of amides is 2. The average molecular weight is 338 g/mol. The van der Waals surface area contributed by atoms with Crippen molar-refractivity contribution in [1.82, 2.24) is 34.9 Å². The monoisotopic (exact) mass is 338 g/mol. The van der Waals surface area contributed by atoms with Gasteiger partial charge in [-0.2, -0.15) is 9.90 Å². The molecule has 2 aromatic heterocycles. The zero-order valence-corrected chi connectivity index (χ0v) is 14.0. The third kappa shape index (κ3) is 2.84. The van der Waals surface area contributed by atoms with Gasteiger partial charge in [-0.05, 0) is 31.2 Å². The van der Waals surface area contributed by atoms with Crippen molar-refractivity contribution in [2.24, 2.45) is 0 Å². The molecule has 25 heavy (non-hydrogen) atoms. The molecule has 1 aliphatic rings. The number of benzene rings is 1. The van der Waals surface area contributed by atoms with Crippen LogP contribution in [0.4, 0.5) is 10.7 Å². The van der Waals surface area contributed by atoms with Gasteiger partial charge < -0.3 is 4.90 Å².